The highest BCUT2D eigenvalue weighted by Gasteiger charge is 2.56. The Morgan fingerprint density at radius 3 is 2.78 bits per heavy atom. The van der Waals surface area contributed by atoms with Gasteiger partial charge in [-0.25, -0.2) is 0 Å². The molecule has 1 saturated carbocycles. The Morgan fingerprint density at radius 1 is 1.30 bits per heavy atom. The summed E-state index contributed by atoms with van der Waals surface area (Å²) in [6.07, 6.45) is 2.65. The molecular formula is C16H23N5O2. The molecule has 124 valence electrons. The number of aromatic nitrogens is 4. The number of hydrogen-bond acceptors (Lipinski definition) is 6. The third-order valence-electron chi connectivity index (χ3n) is 5.53. The minimum Gasteiger partial charge on any atom is -0.392 e. The van der Waals surface area contributed by atoms with Gasteiger partial charge in [-0.3, -0.25) is 0 Å². The standard InChI is InChI=1S/C16H23N5O2/c1-3-23-13-10-12(22)16(13)6-8-20(9-7-16)15-5-4-14-18-17-11(2)21(14)19-15/h4-5,12-13,22H,3,6-10H2,1-2H3. The fraction of sp³-hybridized carbons (Fsp3) is 0.688. The summed E-state index contributed by atoms with van der Waals surface area (Å²) in [6.45, 7) is 6.42. The van der Waals surface area contributed by atoms with Crippen molar-refractivity contribution in [3.05, 3.63) is 18.0 Å². The first-order valence-corrected chi connectivity index (χ1v) is 8.38. The summed E-state index contributed by atoms with van der Waals surface area (Å²) in [5.74, 6) is 1.73. The topological polar surface area (TPSA) is 75.8 Å². The van der Waals surface area contributed by atoms with Crippen LogP contribution < -0.4 is 4.90 Å². The summed E-state index contributed by atoms with van der Waals surface area (Å²) < 4.78 is 7.61. The van der Waals surface area contributed by atoms with Gasteiger partial charge in [-0.05, 0) is 38.8 Å². The molecule has 0 amide bonds. The van der Waals surface area contributed by atoms with Crippen LogP contribution in [0.1, 0.15) is 32.0 Å². The summed E-state index contributed by atoms with van der Waals surface area (Å²) in [5.41, 5.74) is 0.717. The Labute approximate surface area is 135 Å². The minimum atomic E-state index is -0.225. The van der Waals surface area contributed by atoms with Crippen molar-refractivity contribution in [2.45, 2.75) is 45.3 Å². The van der Waals surface area contributed by atoms with Gasteiger partial charge in [-0.15, -0.1) is 15.3 Å². The lowest BCUT2D eigenvalue weighted by molar-refractivity contribution is -0.199. The molecule has 2 aliphatic rings. The Morgan fingerprint density at radius 2 is 2.09 bits per heavy atom. The van der Waals surface area contributed by atoms with Crippen molar-refractivity contribution in [2.75, 3.05) is 24.6 Å². The first-order chi connectivity index (χ1) is 11.1. The first kappa shape index (κ1) is 14.8. The number of hydrogen-bond donors (Lipinski definition) is 1. The monoisotopic (exact) mass is 317 g/mol. The van der Waals surface area contributed by atoms with E-state index in [4.69, 9.17) is 4.74 Å². The van der Waals surface area contributed by atoms with Crippen LogP contribution >= 0.6 is 0 Å². The molecule has 7 heteroatoms. The van der Waals surface area contributed by atoms with Gasteiger partial charge in [0.15, 0.2) is 11.5 Å². The lowest BCUT2D eigenvalue weighted by Crippen LogP contribution is -2.62. The number of fused-ring (bicyclic) bond motifs is 1. The van der Waals surface area contributed by atoms with E-state index in [1.165, 1.54) is 0 Å². The van der Waals surface area contributed by atoms with Gasteiger partial charge in [-0.2, -0.15) is 4.52 Å². The van der Waals surface area contributed by atoms with Crippen LogP contribution in [0.5, 0.6) is 0 Å². The summed E-state index contributed by atoms with van der Waals surface area (Å²) in [5, 5.41) is 23.1. The summed E-state index contributed by atoms with van der Waals surface area (Å²) in [7, 11) is 0. The molecule has 23 heavy (non-hydrogen) atoms. The van der Waals surface area contributed by atoms with Gasteiger partial charge in [-0.1, -0.05) is 0 Å². The predicted molar refractivity (Wildman–Crippen MR) is 85.4 cm³/mol. The molecule has 1 saturated heterocycles. The smallest absolute Gasteiger partial charge is 0.178 e. The van der Waals surface area contributed by atoms with Crippen molar-refractivity contribution in [3.8, 4) is 0 Å². The van der Waals surface area contributed by atoms with E-state index in [-0.39, 0.29) is 17.6 Å². The number of piperidine rings is 1. The van der Waals surface area contributed by atoms with Crippen LogP contribution in [0.3, 0.4) is 0 Å². The molecule has 1 N–H and O–H groups in total. The third-order valence-corrected chi connectivity index (χ3v) is 5.53. The molecule has 7 nitrogen and oxygen atoms in total. The molecule has 2 unspecified atom stereocenters. The third kappa shape index (κ3) is 2.21. The number of ether oxygens (including phenoxy) is 1. The van der Waals surface area contributed by atoms with Gasteiger partial charge in [0, 0.05) is 31.5 Å². The van der Waals surface area contributed by atoms with Crippen molar-refractivity contribution in [1.82, 2.24) is 19.8 Å². The second-order valence-electron chi connectivity index (χ2n) is 6.62. The Hall–Kier alpha value is -1.73. The van der Waals surface area contributed by atoms with Crippen molar-refractivity contribution < 1.29 is 9.84 Å². The summed E-state index contributed by atoms with van der Waals surface area (Å²) in [6, 6.07) is 3.95. The van der Waals surface area contributed by atoms with Gasteiger partial charge < -0.3 is 14.7 Å². The van der Waals surface area contributed by atoms with Crippen LogP contribution in [0.2, 0.25) is 0 Å². The lowest BCUT2D eigenvalue weighted by atomic mass is 9.58. The van der Waals surface area contributed by atoms with Crippen molar-refractivity contribution in [3.63, 3.8) is 0 Å². The first-order valence-electron chi connectivity index (χ1n) is 8.38. The zero-order chi connectivity index (χ0) is 16.0. The number of aliphatic hydroxyl groups excluding tert-OH is 1. The molecule has 4 rings (SSSR count). The summed E-state index contributed by atoms with van der Waals surface area (Å²) >= 11 is 0. The van der Waals surface area contributed by atoms with E-state index >= 15 is 0 Å². The number of aryl methyl sites for hydroxylation is 1. The van der Waals surface area contributed by atoms with E-state index < -0.39 is 0 Å². The number of anilines is 1. The highest BCUT2D eigenvalue weighted by molar-refractivity contribution is 5.46. The highest BCUT2D eigenvalue weighted by Crippen LogP contribution is 2.51. The van der Waals surface area contributed by atoms with Gasteiger partial charge in [0.05, 0.1) is 12.2 Å². The van der Waals surface area contributed by atoms with Gasteiger partial charge in [0.2, 0.25) is 0 Å². The zero-order valence-electron chi connectivity index (χ0n) is 13.6. The second kappa shape index (κ2) is 5.42. The fourth-order valence-corrected chi connectivity index (χ4v) is 4.02. The van der Waals surface area contributed by atoms with E-state index in [2.05, 4.69) is 20.2 Å². The predicted octanol–water partition coefficient (Wildman–Crippen LogP) is 1.19. The number of nitrogens with zero attached hydrogens (tertiary/aromatic N) is 5. The van der Waals surface area contributed by atoms with E-state index in [9.17, 15) is 5.11 Å². The molecule has 0 bridgehead atoms. The molecule has 2 aromatic rings. The Balaban J connectivity index is 1.51. The molecule has 0 aromatic carbocycles. The largest absolute Gasteiger partial charge is 0.392 e. The normalized spacial score (nSPS) is 26.7. The van der Waals surface area contributed by atoms with Crippen LogP contribution in [0, 0.1) is 12.3 Å². The molecule has 1 spiro atoms. The highest BCUT2D eigenvalue weighted by atomic mass is 16.5. The zero-order valence-corrected chi connectivity index (χ0v) is 13.6. The van der Waals surface area contributed by atoms with Crippen molar-refractivity contribution >= 4 is 11.5 Å². The maximum atomic E-state index is 10.3. The number of aliphatic hydroxyl groups is 1. The van der Waals surface area contributed by atoms with Crippen LogP contribution in [0.15, 0.2) is 12.1 Å². The van der Waals surface area contributed by atoms with E-state index in [1.807, 2.05) is 26.0 Å². The molecule has 3 heterocycles. The van der Waals surface area contributed by atoms with Crippen molar-refractivity contribution in [2.24, 2.45) is 5.41 Å². The van der Waals surface area contributed by atoms with Crippen LogP contribution in [-0.4, -0.2) is 56.8 Å². The summed E-state index contributed by atoms with van der Waals surface area (Å²) in [4.78, 5) is 2.28. The van der Waals surface area contributed by atoms with Crippen LogP contribution in [0.4, 0.5) is 5.82 Å². The quantitative estimate of drug-likeness (QED) is 0.916. The molecular weight excluding hydrogens is 294 g/mol. The maximum absolute atomic E-state index is 10.3. The van der Waals surface area contributed by atoms with Gasteiger partial charge in [0.25, 0.3) is 0 Å². The van der Waals surface area contributed by atoms with E-state index in [0.717, 1.165) is 49.6 Å². The average Bonchev–Trinajstić information content (AvgIpc) is 2.95. The maximum Gasteiger partial charge on any atom is 0.178 e. The van der Waals surface area contributed by atoms with Gasteiger partial charge in [0.1, 0.15) is 5.82 Å². The van der Waals surface area contributed by atoms with E-state index in [1.54, 1.807) is 4.52 Å². The lowest BCUT2D eigenvalue weighted by Gasteiger charge is -2.56. The average molecular weight is 317 g/mol. The molecule has 2 atom stereocenters. The molecule has 0 radical (unpaired) electrons. The van der Waals surface area contributed by atoms with E-state index in [0.29, 0.717) is 6.61 Å². The SMILES string of the molecule is CCOC1CC(O)C12CCN(c1ccc3nnc(C)n3n1)CC2. The minimum absolute atomic E-state index is 0.0525. The van der Waals surface area contributed by atoms with Crippen LogP contribution in [0.25, 0.3) is 5.65 Å². The second-order valence-corrected chi connectivity index (χ2v) is 6.62. The number of rotatable bonds is 3. The Kier molecular flexibility index (Phi) is 3.50. The van der Waals surface area contributed by atoms with Crippen molar-refractivity contribution in [1.29, 1.82) is 0 Å². The van der Waals surface area contributed by atoms with Gasteiger partial charge >= 0.3 is 0 Å². The van der Waals surface area contributed by atoms with Crippen LogP contribution in [-0.2, 0) is 4.74 Å². The molecule has 1 aliphatic carbocycles. The Bertz CT molecular complexity index is 706. The molecule has 2 fully saturated rings. The molecule has 1 aliphatic heterocycles. The fourth-order valence-electron chi connectivity index (χ4n) is 4.02. The molecule has 2 aromatic heterocycles.